The first-order chi connectivity index (χ1) is 8.43. The van der Waals surface area contributed by atoms with Gasteiger partial charge >= 0.3 is 0 Å². The molecule has 1 nitrogen and oxygen atoms in total. The molecule has 2 unspecified atom stereocenters. The fourth-order valence-electron chi connectivity index (χ4n) is 2.49. The largest absolute Gasteiger partial charge is 0.313 e. The maximum Gasteiger partial charge on any atom is 0.0465 e. The summed E-state index contributed by atoms with van der Waals surface area (Å²) in [6, 6.07) is 6.46. The Kier molecular flexibility index (Phi) is 6.68. The summed E-state index contributed by atoms with van der Waals surface area (Å²) in [5.74, 6) is 1.44. The van der Waals surface area contributed by atoms with Gasteiger partial charge < -0.3 is 5.32 Å². The van der Waals surface area contributed by atoms with Gasteiger partial charge in [-0.1, -0.05) is 54.4 Å². The summed E-state index contributed by atoms with van der Waals surface area (Å²) in [4.78, 5) is 0. The van der Waals surface area contributed by atoms with E-state index in [-0.39, 0.29) is 0 Å². The molecule has 0 aliphatic carbocycles. The molecule has 0 bridgehead atoms. The van der Waals surface area contributed by atoms with Crippen molar-refractivity contribution >= 4 is 27.5 Å². The molecule has 1 aromatic rings. The highest BCUT2D eigenvalue weighted by Crippen LogP contribution is 2.31. The summed E-state index contributed by atoms with van der Waals surface area (Å²) in [5.41, 5.74) is 1.19. The molecule has 0 spiro atoms. The van der Waals surface area contributed by atoms with Crippen LogP contribution in [0.3, 0.4) is 0 Å². The summed E-state index contributed by atoms with van der Waals surface area (Å²) in [5, 5.41) is 4.22. The molecule has 0 radical (unpaired) electrons. The van der Waals surface area contributed by atoms with Gasteiger partial charge in [0.15, 0.2) is 0 Å². The van der Waals surface area contributed by atoms with Crippen molar-refractivity contribution in [2.45, 2.75) is 39.7 Å². The molecule has 18 heavy (non-hydrogen) atoms. The molecule has 0 aromatic heterocycles. The van der Waals surface area contributed by atoms with E-state index in [0.717, 1.165) is 21.8 Å². The third-order valence-electron chi connectivity index (χ3n) is 3.20. The predicted molar refractivity (Wildman–Crippen MR) is 84.2 cm³/mol. The minimum atomic E-state index is 0.333. The molecular weight excluding hydrogens is 310 g/mol. The first kappa shape index (κ1) is 16.0. The molecule has 1 aromatic carbocycles. The predicted octanol–water partition coefficient (Wildman–Crippen LogP) is 5.44. The van der Waals surface area contributed by atoms with Gasteiger partial charge in [0, 0.05) is 15.5 Å². The first-order valence-corrected chi connectivity index (χ1v) is 7.73. The molecule has 1 rings (SSSR count). The van der Waals surface area contributed by atoms with Gasteiger partial charge in [-0.25, -0.2) is 0 Å². The van der Waals surface area contributed by atoms with Crippen molar-refractivity contribution in [2.75, 3.05) is 7.05 Å². The van der Waals surface area contributed by atoms with Crippen molar-refractivity contribution in [3.05, 3.63) is 33.3 Å². The fraction of sp³-hybridized carbons (Fsp3) is 0.600. The molecule has 3 heteroatoms. The van der Waals surface area contributed by atoms with Crippen molar-refractivity contribution in [3.8, 4) is 0 Å². The van der Waals surface area contributed by atoms with E-state index in [9.17, 15) is 0 Å². The van der Waals surface area contributed by atoms with Gasteiger partial charge in [0.25, 0.3) is 0 Å². The van der Waals surface area contributed by atoms with Gasteiger partial charge in [0.1, 0.15) is 0 Å². The SMILES string of the molecule is CNC(CC(C)CC(C)C)c1ccc(Br)cc1Cl. The third-order valence-corrected chi connectivity index (χ3v) is 4.02. The van der Waals surface area contributed by atoms with Crippen LogP contribution >= 0.6 is 27.5 Å². The van der Waals surface area contributed by atoms with Crippen LogP contribution in [0.25, 0.3) is 0 Å². The fourth-order valence-corrected chi connectivity index (χ4v) is 3.29. The highest BCUT2D eigenvalue weighted by Gasteiger charge is 2.17. The number of nitrogens with one attached hydrogen (secondary N) is 1. The van der Waals surface area contributed by atoms with E-state index in [2.05, 4.69) is 54.2 Å². The number of halogens is 2. The second-order valence-corrected chi connectivity index (χ2v) is 6.80. The quantitative estimate of drug-likeness (QED) is 0.732. The van der Waals surface area contributed by atoms with Crippen LogP contribution in [0.1, 0.15) is 45.2 Å². The molecule has 0 saturated carbocycles. The van der Waals surface area contributed by atoms with Crippen LogP contribution in [-0.2, 0) is 0 Å². The Labute approximate surface area is 124 Å². The molecule has 0 fully saturated rings. The summed E-state index contributed by atoms with van der Waals surface area (Å²) in [6.07, 6.45) is 2.38. The highest BCUT2D eigenvalue weighted by atomic mass is 79.9. The van der Waals surface area contributed by atoms with Gasteiger partial charge in [-0.2, -0.15) is 0 Å². The molecule has 0 amide bonds. The Balaban J connectivity index is 2.76. The van der Waals surface area contributed by atoms with Gasteiger partial charge in [0.05, 0.1) is 0 Å². The van der Waals surface area contributed by atoms with Gasteiger partial charge in [0.2, 0.25) is 0 Å². The molecule has 0 aliphatic heterocycles. The van der Waals surface area contributed by atoms with E-state index in [1.807, 2.05) is 13.1 Å². The zero-order valence-electron chi connectivity index (χ0n) is 11.6. The van der Waals surface area contributed by atoms with E-state index in [4.69, 9.17) is 11.6 Å². The minimum absolute atomic E-state index is 0.333. The summed E-state index contributed by atoms with van der Waals surface area (Å²) < 4.78 is 1.03. The lowest BCUT2D eigenvalue weighted by molar-refractivity contribution is 0.366. The van der Waals surface area contributed by atoms with Crippen LogP contribution in [0.4, 0.5) is 0 Å². The van der Waals surface area contributed by atoms with Crippen LogP contribution < -0.4 is 5.32 Å². The molecular formula is C15H23BrClN. The second kappa shape index (κ2) is 7.52. The van der Waals surface area contributed by atoms with Crippen molar-refractivity contribution in [3.63, 3.8) is 0 Å². The molecule has 2 atom stereocenters. The van der Waals surface area contributed by atoms with Crippen LogP contribution in [0.5, 0.6) is 0 Å². The molecule has 0 saturated heterocycles. The lowest BCUT2D eigenvalue weighted by Gasteiger charge is -2.23. The van der Waals surface area contributed by atoms with E-state index >= 15 is 0 Å². The minimum Gasteiger partial charge on any atom is -0.313 e. The van der Waals surface area contributed by atoms with E-state index < -0.39 is 0 Å². The third kappa shape index (κ3) is 4.91. The second-order valence-electron chi connectivity index (χ2n) is 5.48. The van der Waals surface area contributed by atoms with Gasteiger partial charge in [-0.05, 0) is 49.4 Å². The highest BCUT2D eigenvalue weighted by molar-refractivity contribution is 9.10. The molecule has 102 valence electrons. The average molecular weight is 333 g/mol. The zero-order valence-corrected chi connectivity index (χ0v) is 14.0. The zero-order chi connectivity index (χ0) is 13.7. The first-order valence-electron chi connectivity index (χ1n) is 6.56. The summed E-state index contributed by atoms with van der Waals surface area (Å²) >= 11 is 9.77. The number of benzene rings is 1. The number of hydrogen-bond acceptors (Lipinski definition) is 1. The van der Waals surface area contributed by atoms with E-state index in [1.165, 1.54) is 12.0 Å². The Hall–Kier alpha value is -0.0500. The van der Waals surface area contributed by atoms with Gasteiger partial charge in [-0.15, -0.1) is 0 Å². The molecule has 0 aliphatic rings. The lowest BCUT2D eigenvalue weighted by Crippen LogP contribution is -2.20. The molecule has 0 heterocycles. The van der Waals surface area contributed by atoms with Crippen LogP contribution in [0.15, 0.2) is 22.7 Å². The Morgan fingerprint density at radius 2 is 1.89 bits per heavy atom. The van der Waals surface area contributed by atoms with Crippen LogP contribution in [0.2, 0.25) is 5.02 Å². The van der Waals surface area contributed by atoms with E-state index in [1.54, 1.807) is 0 Å². The van der Waals surface area contributed by atoms with Crippen molar-refractivity contribution < 1.29 is 0 Å². The maximum atomic E-state index is 6.32. The average Bonchev–Trinajstić information content (AvgIpc) is 2.25. The van der Waals surface area contributed by atoms with E-state index in [0.29, 0.717) is 12.0 Å². The smallest absolute Gasteiger partial charge is 0.0465 e. The van der Waals surface area contributed by atoms with Crippen LogP contribution in [0, 0.1) is 11.8 Å². The van der Waals surface area contributed by atoms with Crippen LogP contribution in [-0.4, -0.2) is 7.05 Å². The Morgan fingerprint density at radius 1 is 1.22 bits per heavy atom. The molecule has 1 N–H and O–H groups in total. The number of hydrogen-bond donors (Lipinski definition) is 1. The lowest BCUT2D eigenvalue weighted by atomic mass is 9.90. The maximum absolute atomic E-state index is 6.32. The Bertz CT molecular complexity index is 379. The van der Waals surface area contributed by atoms with Crippen molar-refractivity contribution in [1.29, 1.82) is 0 Å². The standard InChI is InChI=1S/C15H23BrClN/c1-10(2)7-11(3)8-15(18-4)13-6-5-12(16)9-14(13)17/h5-6,9-11,15,18H,7-8H2,1-4H3. The number of rotatable bonds is 6. The normalized spacial score (nSPS) is 14.8. The summed E-state index contributed by atoms with van der Waals surface area (Å²) in [6.45, 7) is 6.87. The summed E-state index contributed by atoms with van der Waals surface area (Å²) in [7, 11) is 2.01. The van der Waals surface area contributed by atoms with Crippen molar-refractivity contribution in [2.24, 2.45) is 11.8 Å². The monoisotopic (exact) mass is 331 g/mol. The van der Waals surface area contributed by atoms with Gasteiger partial charge in [-0.3, -0.25) is 0 Å². The topological polar surface area (TPSA) is 12.0 Å². The van der Waals surface area contributed by atoms with Crippen molar-refractivity contribution in [1.82, 2.24) is 5.32 Å². The Morgan fingerprint density at radius 3 is 2.39 bits per heavy atom.